The van der Waals surface area contributed by atoms with Gasteiger partial charge in [0.15, 0.2) is 0 Å². The minimum atomic E-state index is 0.294. The first-order valence-corrected chi connectivity index (χ1v) is 5.59. The van der Waals surface area contributed by atoms with Gasteiger partial charge in [0.25, 0.3) is 0 Å². The van der Waals surface area contributed by atoms with Crippen LogP contribution in [0, 0.1) is 0 Å². The molecule has 3 heteroatoms. The summed E-state index contributed by atoms with van der Waals surface area (Å²) in [6.45, 7) is 1.25. The fourth-order valence-electron chi connectivity index (χ4n) is 1.63. The first-order chi connectivity index (χ1) is 8.28. The van der Waals surface area contributed by atoms with Crippen LogP contribution in [0.4, 0.5) is 5.69 Å². The monoisotopic (exact) mass is 228 g/mol. The zero-order valence-corrected chi connectivity index (χ0v) is 9.56. The predicted octanol–water partition coefficient (Wildman–Crippen LogP) is 2.46. The van der Waals surface area contributed by atoms with E-state index < -0.39 is 0 Å². The summed E-state index contributed by atoms with van der Waals surface area (Å²) in [5.74, 6) is 0.294. The number of anilines is 1. The first kappa shape index (κ1) is 11.5. The number of hydrogen-bond donors (Lipinski definition) is 3. The van der Waals surface area contributed by atoms with Gasteiger partial charge in [-0.3, -0.25) is 0 Å². The minimum Gasteiger partial charge on any atom is -0.508 e. The molecular weight excluding hydrogens is 212 g/mol. The van der Waals surface area contributed by atoms with E-state index in [-0.39, 0.29) is 0 Å². The Labute approximate surface area is 101 Å². The summed E-state index contributed by atoms with van der Waals surface area (Å²) in [5, 5.41) is 12.6. The molecule has 0 aliphatic carbocycles. The van der Waals surface area contributed by atoms with Crippen molar-refractivity contribution in [3.8, 4) is 5.75 Å². The molecule has 0 aromatic heterocycles. The molecule has 17 heavy (non-hydrogen) atoms. The average Bonchev–Trinajstić information content (AvgIpc) is 2.37. The molecule has 2 aromatic rings. The molecule has 0 radical (unpaired) electrons. The molecule has 0 amide bonds. The zero-order valence-electron chi connectivity index (χ0n) is 9.56. The number of benzene rings is 2. The molecule has 2 rings (SSSR count). The second-order valence-electron chi connectivity index (χ2n) is 3.92. The van der Waals surface area contributed by atoms with Gasteiger partial charge in [-0.15, -0.1) is 0 Å². The second-order valence-corrected chi connectivity index (χ2v) is 3.92. The average molecular weight is 228 g/mol. The molecule has 0 atom stereocenters. The molecule has 2 aromatic carbocycles. The van der Waals surface area contributed by atoms with E-state index in [4.69, 9.17) is 5.73 Å². The molecule has 0 saturated carbocycles. The largest absolute Gasteiger partial charge is 0.508 e. The summed E-state index contributed by atoms with van der Waals surface area (Å²) in [6.07, 6.45) is 0. The fraction of sp³-hybridized carbons (Fsp3) is 0.143. The molecule has 0 heterocycles. The lowest BCUT2D eigenvalue weighted by atomic mass is 10.2. The Balaban J connectivity index is 1.97. The Morgan fingerprint density at radius 1 is 1.00 bits per heavy atom. The molecule has 0 fully saturated rings. The number of phenolic OH excluding ortho intramolecular Hbond substituents is 1. The molecule has 0 bridgehead atoms. The Morgan fingerprint density at radius 3 is 2.41 bits per heavy atom. The van der Waals surface area contributed by atoms with E-state index in [0.29, 0.717) is 18.8 Å². The SMILES string of the molecule is NCc1ccc(NCc2cccc(O)c2)cc1. The van der Waals surface area contributed by atoms with E-state index in [0.717, 1.165) is 16.8 Å². The number of nitrogens with one attached hydrogen (secondary N) is 1. The van der Waals surface area contributed by atoms with E-state index >= 15 is 0 Å². The molecule has 0 aliphatic heterocycles. The van der Waals surface area contributed by atoms with Crippen molar-refractivity contribution < 1.29 is 5.11 Å². The minimum absolute atomic E-state index is 0.294. The van der Waals surface area contributed by atoms with Crippen molar-refractivity contribution in [1.82, 2.24) is 0 Å². The van der Waals surface area contributed by atoms with Gasteiger partial charge in [0, 0.05) is 18.8 Å². The van der Waals surface area contributed by atoms with Crippen LogP contribution in [0.5, 0.6) is 5.75 Å². The fourth-order valence-corrected chi connectivity index (χ4v) is 1.63. The van der Waals surface area contributed by atoms with Gasteiger partial charge in [0.05, 0.1) is 0 Å². The molecule has 4 N–H and O–H groups in total. The van der Waals surface area contributed by atoms with Gasteiger partial charge >= 0.3 is 0 Å². The van der Waals surface area contributed by atoms with Crippen LogP contribution in [0.2, 0.25) is 0 Å². The maximum absolute atomic E-state index is 9.34. The van der Waals surface area contributed by atoms with Crippen molar-refractivity contribution in [2.24, 2.45) is 5.73 Å². The lowest BCUT2D eigenvalue weighted by molar-refractivity contribution is 0.474. The van der Waals surface area contributed by atoms with E-state index in [1.807, 2.05) is 36.4 Å². The van der Waals surface area contributed by atoms with Crippen LogP contribution in [0.25, 0.3) is 0 Å². The van der Waals surface area contributed by atoms with Crippen LogP contribution < -0.4 is 11.1 Å². The van der Waals surface area contributed by atoms with Crippen molar-refractivity contribution in [1.29, 1.82) is 0 Å². The Kier molecular flexibility index (Phi) is 3.62. The quantitative estimate of drug-likeness (QED) is 0.753. The lowest BCUT2D eigenvalue weighted by Gasteiger charge is -2.07. The first-order valence-electron chi connectivity index (χ1n) is 5.59. The van der Waals surface area contributed by atoms with Gasteiger partial charge in [-0.25, -0.2) is 0 Å². The Bertz CT molecular complexity index is 480. The summed E-state index contributed by atoms with van der Waals surface area (Å²) in [4.78, 5) is 0. The van der Waals surface area contributed by atoms with Crippen LogP contribution in [0.1, 0.15) is 11.1 Å². The van der Waals surface area contributed by atoms with E-state index in [2.05, 4.69) is 5.32 Å². The highest BCUT2D eigenvalue weighted by Gasteiger charge is 1.96. The third kappa shape index (κ3) is 3.23. The van der Waals surface area contributed by atoms with Gasteiger partial charge < -0.3 is 16.2 Å². The molecule has 0 aliphatic rings. The van der Waals surface area contributed by atoms with Gasteiger partial charge in [-0.2, -0.15) is 0 Å². The summed E-state index contributed by atoms with van der Waals surface area (Å²) < 4.78 is 0. The highest BCUT2D eigenvalue weighted by Crippen LogP contribution is 2.14. The topological polar surface area (TPSA) is 58.3 Å². The number of hydrogen-bond acceptors (Lipinski definition) is 3. The third-order valence-electron chi connectivity index (χ3n) is 2.60. The van der Waals surface area contributed by atoms with Gasteiger partial charge in [0.1, 0.15) is 5.75 Å². The lowest BCUT2D eigenvalue weighted by Crippen LogP contribution is -2.00. The standard InChI is InChI=1S/C14H16N2O/c15-9-11-4-6-13(7-5-11)16-10-12-2-1-3-14(17)8-12/h1-8,16-17H,9-10,15H2. The van der Waals surface area contributed by atoms with Crippen LogP contribution in [-0.2, 0) is 13.1 Å². The van der Waals surface area contributed by atoms with Gasteiger partial charge in [0.2, 0.25) is 0 Å². The van der Waals surface area contributed by atoms with Crippen molar-refractivity contribution in [2.75, 3.05) is 5.32 Å². The maximum atomic E-state index is 9.34. The van der Waals surface area contributed by atoms with E-state index in [1.54, 1.807) is 12.1 Å². The van der Waals surface area contributed by atoms with Crippen LogP contribution in [0.3, 0.4) is 0 Å². The Hall–Kier alpha value is -2.00. The molecule has 0 saturated heterocycles. The molecule has 0 spiro atoms. The summed E-state index contributed by atoms with van der Waals surface area (Å²) >= 11 is 0. The smallest absolute Gasteiger partial charge is 0.115 e. The number of rotatable bonds is 4. The second kappa shape index (κ2) is 5.37. The normalized spacial score (nSPS) is 10.2. The zero-order chi connectivity index (χ0) is 12.1. The van der Waals surface area contributed by atoms with Crippen molar-refractivity contribution in [3.63, 3.8) is 0 Å². The highest BCUT2D eigenvalue weighted by atomic mass is 16.3. The molecule has 3 nitrogen and oxygen atoms in total. The van der Waals surface area contributed by atoms with Gasteiger partial charge in [-0.05, 0) is 35.4 Å². The van der Waals surface area contributed by atoms with Crippen LogP contribution in [0.15, 0.2) is 48.5 Å². The van der Waals surface area contributed by atoms with Crippen molar-refractivity contribution >= 4 is 5.69 Å². The van der Waals surface area contributed by atoms with Gasteiger partial charge in [-0.1, -0.05) is 24.3 Å². The third-order valence-corrected chi connectivity index (χ3v) is 2.60. The van der Waals surface area contributed by atoms with Crippen LogP contribution in [-0.4, -0.2) is 5.11 Å². The molecule has 0 unspecified atom stereocenters. The maximum Gasteiger partial charge on any atom is 0.115 e. The number of phenols is 1. The van der Waals surface area contributed by atoms with E-state index in [1.165, 1.54) is 0 Å². The summed E-state index contributed by atoms with van der Waals surface area (Å²) in [7, 11) is 0. The number of nitrogens with two attached hydrogens (primary N) is 1. The summed E-state index contributed by atoms with van der Waals surface area (Å²) in [5.41, 5.74) is 8.75. The van der Waals surface area contributed by atoms with E-state index in [9.17, 15) is 5.11 Å². The molecular formula is C14H16N2O. The predicted molar refractivity (Wildman–Crippen MR) is 69.8 cm³/mol. The van der Waals surface area contributed by atoms with Crippen molar-refractivity contribution in [3.05, 3.63) is 59.7 Å². The number of aromatic hydroxyl groups is 1. The van der Waals surface area contributed by atoms with Crippen molar-refractivity contribution in [2.45, 2.75) is 13.1 Å². The molecule has 88 valence electrons. The summed E-state index contributed by atoms with van der Waals surface area (Å²) in [6, 6.07) is 15.2. The Morgan fingerprint density at radius 2 is 1.76 bits per heavy atom. The highest BCUT2D eigenvalue weighted by molar-refractivity contribution is 5.45. The van der Waals surface area contributed by atoms with Crippen LogP contribution >= 0.6 is 0 Å².